The number of rotatable bonds is 1. The van der Waals surface area contributed by atoms with Crippen LogP contribution in [0.25, 0.3) is 0 Å². The zero-order valence-corrected chi connectivity index (χ0v) is 13.2. The quantitative estimate of drug-likeness (QED) is 0.795. The number of carbonyl (C=O) groups excluding carboxylic acids is 1. The van der Waals surface area contributed by atoms with Crippen LogP contribution in [0.1, 0.15) is 64.7 Å². The van der Waals surface area contributed by atoms with Gasteiger partial charge in [-0.15, -0.1) is 0 Å². The Kier molecular flexibility index (Phi) is 3.29. The Morgan fingerprint density at radius 3 is 2.81 bits per heavy atom. The molecule has 0 saturated heterocycles. The molecular weight excluding hydrogens is 260 g/mol. The molecule has 6 atom stereocenters. The van der Waals surface area contributed by atoms with Gasteiger partial charge in [-0.2, -0.15) is 0 Å². The summed E-state index contributed by atoms with van der Waals surface area (Å²) in [5.41, 5.74) is 1.70. The Morgan fingerprint density at radius 1 is 1.14 bits per heavy atom. The highest BCUT2D eigenvalue weighted by molar-refractivity contribution is 5.91. The van der Waals surface area contributed by atoms with Crippen LogP contribution in [0.3, 0.4) is 0 Å². The predicted octanol–water partition coefficient (Wildman–Crippen LogP) is 3.88. The fourth-order valence-corrected chi connectivity index (χ4v) is 6.64. The molecule has 21 heavy (non-hydrogen) atoms. The first-order chi connectivity index (χ1) is 10.2. The minimum Gasteiger partial charge on any atom is -0.393 e. The number of hydrogen-bond donors (Lipinski definition) is 1. The van der Waals surface area contributed by atoms with Crippen LogP contribution in [0.5, 0.6) is 0 Å². The Bertz CT molecular complexity index is 480. The maximum atomic E-state index is 11.7. The van der Waals surface area contributed by atoms with Crippen molar-refractivity contribution in [3.63, 3.8) is 0 Å². The summed E-state index contributed by atoms with van der Waals surface area (Å²) in [4.78, 5) is 11.7. The number of fused-ring (bicyclic) bond motifs is 5. The third kappa shape index (κ3) is 1.91. The average Bonchev–Trinajstić information content (AvgIpc) is 2.84. The highest BCUT2D eigenvalue weighted by Gasteiger charge is 2.57. The summed E-state index contributed by atoms with van der Waals surface area (Å²) in [7, 11) is 0. The van der Waals surface area contributed by atoms with Crippen molar-refractivity contribution in [3.8, 4) is 0 Å². The van der Waals surface area contributed by atoms with Crippen LogP contribution in [0.4, 0.5) is 0 Å². The van der Waals surface area contributed by atoms with E-state index in [2.05, 4.69) is 6.92 Å². The van der Waals surface area contributed by atoms with Gasteiger partial charge in [0.2, 0.25) is 0 Å². The van der Waals surface area contributed by atoms with E-state index in [1.165, 1.54) is 31.3 Å². The standard InChI is InChI=1S/C19H28O2/c1-2-19-10-9-15-14-6-4-13(20)11-12(14)3-5-16(15)17(19)7-8-18(19)21/h11,14-18,21H,2-10H2,1H3/t14-,15+,16+,17-,18-,19-/m1/s1. The number of aliphatic hydroxyl groups excluding tert-OH is 1. The van der Waals surface area contributed by atoms with Gasteiger partial charge in [-0.3, -0.25) is 4.79 Å². The van der Waals surface area contributed by atoms with Crippen LogP contribution in [0.15, 0.2) is 11.6 Å². The monoisotopic (exact) mass is 288 g/mol. The van der Waals surface area contributed by atoms with Crippen molar-refractivity contribution in [2.24, 2.45) is 29.1 Å². The summed E-state index contributed by atoms with van der Waals surface area (Å²) >= 11 is 0. The number of allylic oxidation sites excluding steroid dienone is 1. The molecule has 4 rings (SSSR count). The Balaban J connectivity index is 1.64. The number of aliphatic hydroxyl groups is 1. The normalized spacial score (nSPS) is 49.1. The van der Waals surface area contributed by atoms with Crippen molar-refractivity contribution in [3.05, 3.63) is 11.6 Å². The summed E-state index contributed by atoms with van der Waals surface area (Å²) in [6.45, 7) is 2.29. The van der Waals surface area contributed by atoms with Crippen LogP contribution in [0, 0.1) is 29.1 Å². The largest absolute Gasteiger partial charge is 0.393 e. The molecule has 1 N–H and O–H groups in total. The van der Waals surface area contributed by atoms with Gasteiger partial charge in [0.25, 0.3) is 0 Å². The second kappa shape index (κ2) is 4.94. The first kappa shape index (κ1) is 14.0. The molecule has 0 heterocycles. The minimum atomic E-state index is -0.0571. The molecule has 4 aliphatic rings. The lowest BCUT2D eigenvalue weighted by molar-refractivity contribution is -0.116. The van der Waals surface area contributed by atoms with Gasteiger partial charge in [-0.25, -0.2) is 0 Å². The first-order valence-corrected chi connectivity index (χ1v) is 9.07. The predicted molar refractivity (Wildman–Crippen MR) is 82.7 cm³/mol. The van der Waals surface area contributed by atoms with Gasteiger partial charge in [0, 0.05) is 6.42 Å². The van der Waals surface area contributed by atoms with E-state index in [1.54, 1.807) is 0 Å². The van der Waals surface area contributed by atoms with E-state index in [1.807, 2.05) is 6.08 Å². The number of hydrogen-bond acceptors (Lipinski definition) is 2. The van der Waals surface area contributed by atoms with E-state index >= 15 is 0 Å². The Morgan fingerprint density at radius 2 is 2.00 bits per heavy atom. The summed E-state index contributed by atoms with van der Waals surface area (Å²) in [6, 6.07) is 0. The second-order valence-electron chi connectivity index (χ2n) is 8.02. The van der Waals surface area contributed by atoms with Gasteiger partial charge in [-0.1, -0.05) is 12.5 Å². The van der Waals surface area contributed by atoms with Crippen LogP contribution in [-0.2, 0) is 4.79 Å². The smallest absolute Gasteiger partial charge is 0.155 e. The maximum Gasteiger partial charge on any atom is 0.155 e. The molecule has 2 nitrogen and oxygen atoms in total. The van der Waals surface area contributed by atoms with Gasteiger partial charge in [-0.05, 0) is 86.5 Å². The van der Waals surface area contributed by atoms with E-state index in [0.29, 0.717) is 11.7 Å². The van der Waals surface area contributed by atoms with Crippen molar-refractivity contribution in [2.75, 3.05) is 0 Å². The number of ketones is 1. The molecule has 2 heteroatoms. The minimum absolute atomic E-state index is 0.0571. The van der Waals surface area contributed by atoms with Crippen molar-refractivity contribution in [2.45, 2.75) is 70.8 Å². The molecule has 0 aliphatic heterocycles. The van der Waals surface area contributed by atoms with Crippen molar-refractivity contribution in [1.82, 2.24) is 0 Å². The topological polar surface area (TPSA) is 37.3 Å². The molecule has 116 valence electrons. The van der Waals surface area contributed by atoms with E-state index in [-0.39, 0.29) is 11.5 Å². The van der Waals surface area contributed by atoms with Gasteiger partial charge in [0.15, 0.2) is 5.78 Å². The molecule has 0 amide bonds. The SMILES string of the molecule is CC[C@@]12CC[C@@H]3[C@H](CCC4=CC(=O)CC[C@H]43)[C@H]1CC[C@H]2O. The fraction of sp³-hybridized carbons (Fsp3) is 0.842. The summed E-state index contributed by atoms with van der Waals surface area (Å²) in [5, 5.41) is 10.6. The fourth-order valence-electron chi connectivity index (χ4n) is 6.64. The number of carbonyl (C=O) groups is 1. The lowest BCUT2D eigenvalue weighted by Gasteiger charge is -2.54. The summed E-state index contributed by atoms with van der Waals surface area (Å²) < 4.78 is 0. The van der Waals surface area contributed by atoms with E-state index in [0.717, 1.165) is 49.9 Å². The van der Waals surface area contributed by atoms with Crippen molar-refractivity contribution in [1.29, 1.82) is 0 Å². The van der Waals surface area contributed by atoms with Crippen LogP contribution in [-0.4, -0.2) is 17.0 Å². The molecule has 3 saturated carbocycles. The van der Waals surface area contributed by atoms with E-state index < -0.39 is 0 Å². The molecule has 0 aromatic carbocycles. The Labute approximate surface area is 128 Å². The van der Waals surface area contributed by atoms with E-state index in [4.69, 9.17) is 0 Å². The zero-order valence-electron chi connectivity index (χ0n) is 13.2. The lowest BCUT2D eigenvalue weighted by atomic mass is 9.51. The average molecular weight is 288 g/mol. The third-order valence-corrected chi connectivity index (χ3v) is 7.63. The molecule has 0 spiro atoms. The molecular formula is C19H28O2. The van der Waals surface area contributed by atoms with Crippen LogP contribution in [0.2, 0.25) is 0 Å². The highest BCUT2D eigenvalue weighted by Crippen LogP contribution is 2.62. The molecule has 0 unspecified atom stereocenters. The highest BCUT2D eigenvalue weighted by atomic mass is 16.3. The van der Waals surface area contributed by atoms with Crippen molar-refractivity contribution >= 4 is 5.78 Å². The first-order valence-electron chi connectivity index (χ1n) is 9.07. The third-order valence-electron chi connectivity index (χ3n) is 7.63. The molecule has 0 aromatic heterocycles. The summed E-state index contributed by atoms with van der Waals surface area (Å²) in [6.07, 6.45) is 12.1. The summed E-state index contributed by atoms with van der Waals surface area (Å²) in [5.74, 6) is 3.40. The van der Waals surface area contributed by atoms with Gasteiger partial charge >= 0.3 is 0 Å². The lowest BCUT2D eigenvalue weighted by Crippen LogP contribution is -2.48. The second-order valence-corrected chi connectivity index (χ2v) is 8.02. The van der Waals surface area contributed by atoms with Gasteiger partial charge < -0.3 is 5.11 Å². The van der Waals surface area contributed by atoms with Crippen LogP contribution >= 0.6 is 0 Å². The molecule has 0 bridgehead atoms. The maximum absolute atomic E-state index is 11.7. The zero-order chi connectivity index (χ0) is 14.6. The van der Waals surface area contributed by atoms with Gasteiger partial charge in [0.05, 0.1) is 6.10 Å². The molecule has 3 fully saturated rings. The van der Waals surface area contributed by atoms with Crippen LogP contribution < -0.4 is 0 Å². The van der Waals surface area contributed by atoms with E-state index in [9.17, 15) is 9.90 Å². The Hall–Kier alpha value is -0.630. The van der Waals surface area contributed by atoms with Gasteiger partial charge in [0.1, 0.15) is 0 Å². The molecule has 0 aromatic rings. The van der Waals surface area contributed by atoms with Crippen molar-refractivity contribution < 1.29 is 9.90 Å². The molecule has 0 radical (unpaired) electrons. The molecule has 4 aliphatic carbocycles.